The Balaban J connectivity index is 2.61. The van der Waals surface area contributed by atoms with Crippen LogP contribution in [0.15, 0.2) is 28.9 Å². The van der Waals surface area contributed by atoms with Gasteiger partial charge in [0, 0.05) is 17.4 Å². The largest absolute Gasteiger partial charge is 0.464 e. The van der Waals surface area contributed by atoms with E-state index in [1.54, 1.807) is 19.3 Å². The van der Waals surface area contributed by atoms with Gasteiger partial charge < -0.3 is 4.42 Å². The molecule has 0 radical (unpaired) electrons. The van der Waals surface area contributed by atoms with Crippen LogP contribution in [0.3, 0.4) is 0 Å². The van der Waals surface area contributed by atoms with Gasteiger partial charge in [-0.1, -0.05) is 17.7 Å². The van der Waals surface area contributed by atoms with Crippen LogP contribution in [0.25, 0.3) is 11.0 Å². The van der Waals surface area contributed by atoms with Crippen LogP contribution in [0.4, 0.5) is 0 Å². The van der Waals surface area contributed by atoms with Crippen LogP contribution in [0, 0.1) is 0 Å². The molecule has 2 aromatic rings. The molecule has 0 unspecified atom stereocenters. The quantitative estimate of drug-likeness (QED) is 0.759. The zero-order valence-electron chi connectivity index (χ0n) is 7.71. The zero-order valence-corrected chi connectivity index (χ0v) is 8.47. The van der Waals surface area contributed by atoms with Gasteiger partial charge in [0.05, 0.1) is 11.3 Å². The van der Waals surface area contributed by atoms with E-state index in [2.05, 4.69) is 0 Å². The second kappa shape index (κ2) is 3.46. The lowest BCUT2D eigenvalue weighted by Crippen LogP contribution is -1.94. The van der Waals surface area contributed by atoms with Crippen LogP contribution in [-0.2, 0) is 11.2 Å². The van der Waals surface area contributed by atoms with Crippen LogP contribution >= 0.6 is 11.6 Å². The molecule has 72 valence electrons. The molecule has 0 amide bonds. The van der Waals surface area contributed by atoms with E-state index < -0.39 is 0 Å². The molecule has 0 atom stereocenters. The molecular weight excluding hydrogens is 200 g/mol. The van der Waals surface area contributed by atoms with Crippen molar-refractivity contribution in [1.29, 1.82) is 0 Å². The molecule has 1 aromatic carbocycles. The van der Waals surface area contributed by atoms with Gasteiger partial charge in [-0.2, -0.15) is 0 Å². The summed E-state index contributed by atoms with van der Waals surface area (Å²) in [5, 5.41) is 1.48. The maximum absolute atomic E-state index is 11.0. The summed E-state index contributed by atoms with van der Waals surface area (Å²) < 4.78 is 5.29. The second-order valence-electron chi connectivity index (χ2n) is 3.25. The number of halogens is 1. The number of hydrogen-bond donors (Lipinski definition) is 0. The smallest absolute Gasteiger partial charge is 0.135 e. The lowest BCUT2D eigenvalue weighted by Gasteiger charge is -1.95. The molecule has 0 spiro atoms. The van der Waals surface area contributed by atoms with E-state index in [1.807, 2.05) is 12.1 Å². The van der Waals surface area contributed by atoms with Crippen molar-refractivity contribution in [2.45, 2.75) is 13.3 Å². The minimum atomic E-state index is 0.104. The van der Waals surface area contributed by atoms with Gasteiger partial charge in [-0.25, -0.2) is 0 Å². The minimum Gasteiger partial charge on any atom is -0.464 e. The standard InChI is InChI=1S/C11H9ClO2/c1-7(13)5-8-6-14-10-4-2-3-9(12)11(8)10/h2-4,6H,5H2,1H3. The molecule has 0 aliphatic rings. The van der Waals surface area contributed by atoms with Gasteiger partial charge in [0.15, 0.2) is 0 Å². The average Bonchev–Trinajstić information content (AvgIpc) is 2.49. The fourth-order valence-corrected chi connectivity index (χ4v) is 1.79. The lowest BCUT2D eigenvalue weighted by molar-refractivity contribution is -0.116. The van der Waals surface area contributed by atoms with Crippen molar-refractivity contribution < 1.29 is 9.21 Å². The van der Waals surface area contributed by atoms with Crippen LogP contribution in [-0.4, -0.2) is 5.78 Å². The normalized spacial score (nSPS) is 10.7. The predicted molar refractivity (Wildman–Crippen MR) is 55.6 cm³/mol. The number of benzene rings is 1. The third-order valence-electron chi connectivity index (χ3n) is 2.06. The Morgan fingerprint density at radius 2 is 2.29 bits per heavy atom. The van der Waals surface area contributed by atoms with E-state index >= 15 is 0 Å². The number of furan rings is 1. The molecule has 1 heterocycles. The van der Waals surface area contributed by atoms with Crippen molar-refractivity contribution in [2.75, 3.05) is 0 Å². The fraction of sp³-hybridized carbons (Fsp3) is 0.182. The molecule has 0 aliphatic carbocycles. The molecule has 0 saturated heterocycles. The number of carbonyl (C=O) groups is 1. The van der Waals surface area contributed by atoms with Gasteiger partial charge in [0.1, 0.15) is 11.4 Å². The number of Topliss-reactive ketones (excluding diaryl/α,β-unsaturated/α-hetero) is 1. The molecule has 0 N–H and O–H groups in total. The third-order valence-corrected chi connectivity index (χ3v) is 2.38. The van der Waals surface area contributed by atoms with Gasteiger partial charge in [-0.05, 0) is 19.1 Å². The van der Waals surface area contributed by atoms with Crippen LogP contribution in [0.5, 0.6) is 0 Å². The van der Waals surface area contributed by atoms with Gasteiger partial charge in [0.25, 0.3) is 0 Å². The Morgan fingerprint density at radius 3 is 3.00 bits per heavy atom. The molecule has 0 fully saturated rings. The third kappa shape index (κ3) is 1.53. The van der Waals surface area contributed by atoms with E-state index in [0.717, 1.165) is 16.5 Å². The predicted octanol–water partition coefficient (Wildman–Crippen LogP) is 3.22. The molecule has 0 aliphatic heterocycles. The van der Waals surface area contributed by atoms with Crippen molar-refractivity contribution in [3.8, 4) is 0 Å². The topological polar surface area (TPSA) is 30.2 Å². The Bertz CT molecular complexity index is 485. The highest BCUT2D eigenvalue weighted by Crippen LogP contribution is 2.28. The molecule has 14 heavy (non-hydrogen) atoms. The first-order valence-corrected chi connectivity index (χ1v) is 4.70. The number of ketones is 1. The van der Waals surface area contributed by atoms with Crippen molar-refractivity contribution >= 4 is 28.4 Å². The Morgan fingerprint density at radius 1 is 1.50 bits per heavy atom. The summed E-state index contributed by atoms with van der Waals surface area (Å²) in [7, 11) is 0. The summed E-state index contributed by atoms with van der Waals surface area (Å²) in [5.74, 6) is 0.104. The molecular formula is C11H9ClO2. The van der Waals surface area contributed by atoms with Crippen molar-refractivity contribution in [3.05, 3.63) is 35.0 Å². The summed E-state index contributed by atoms with van der Waals surface area (Å²) in [6.07, 6.45) is 1.97. The maximum atomic E-state index is 11.0. The van der Waals surface area contributed by atoms with E-state index in [9.17, 15) is 4.79 Å². The van der Waals surface area contributed by atoms with Gasteiger partial charge >= 0.3 is 0 Å². The summed E-state index contributed by atoms with van der Waals surface area (Å²) in [6, 6.07) is 5.46. The van der Waals surface area contributed by atoms with Gasteiger partial charge in [-0.3, -0.25) is 4.79 Å². The van der Waals surface area contributed by atoms with Crippen LogP contribution in [0.1, 0.15) is 12.5 Å². The highest BCUT2D eigenvalue weighted by Gasteiger charge is 2.10. The summed E-state index contributed by atoms with van der Waals surface area (Å²) in [4.78, 5) is 11.0. The number of carbonyl (C=O) groups excluding carboxylic acids is 1. The van der Waals surface area contributed by atoms with Crippen molar-refractivity contribution in [3.63, 3.8) is 0 Å². The average molecular weight is 209 g/mol. The molecule has 2 rings (SSSR count). The Kier molecular flexibility index (Phi) is 2.30. The molecule has 2 nitrogen and oxygen atoms in total. The molecule has 0 bridgehead atoms. The van der Waals surface area contributed by atoms with E-state index in [0.29, 0.717) is 11.4 Å². The lowest BCUT2D eigenvalue weighted by atomic mass is 10.1. The van der Waals surface area contributed by atoms with E-state index in [4.69, 9.17) is 16.0 Å². The monoisotopic (exact) mass is 208 g/mol. The van der Waals surface area contributed by atoms with Crippen molar-refractivity contribution in [2.24, 2.45) is 0 Å². The number of hydrogen-bond acceptors (Lipinski definition) is 2. The SMILES string of the molecule is CC(=O)Cc1coc2cccc(Cl)c12. The summed E-state index contributed by atoms with van der Waals surface area (Å²) >= 11 is 6.02. The first kappa shape index (κ1) is 9.28. The highest BCUT2D eigenvalue weighted by molar-refractivity contribution is 6.35. The van der Waals surface area contributed by atoms with Crippen LogP contribution < -0.4 is 0 Å². The van der Waals surface area contributed by atoms with E-state index in [1.165, 1.54) is 0 Å². The summed E-state index contributed by atoms with van der Waals surface area (Å²) in [5.41, 5.74) is 1.59. The summed E-state index contributed by atoms with van der Waals surface area (Å²) in [6.45, 7) is 1.55. The Hall–Kier alpha value is -1.28. The first-order valence-electron chi connectivity index (χ1n) is 4.32. The molecule has 1 aromatic heterocycles. The number of rotatable bonds is 2. The second-order valence-corrected chi connectivity index (χ2v) is 3.66. The number of fused-ring (bicyclic) bond motifs is 1. The molecule has 0 saturated carbocycles. The molecule has 3 heteroatoms. The van der Waals surface area contributed by atoms with Gasteiger partial charge in [-0.15, -0.1) is 0 Å². The van der Waals surface area contributed by atoms with E-state index in [-0.39, 0.29) is 5.78 Å². The highest BCUT2D eigenvalue weighted by atomic mass is 35.5. The van der Waals surface area contributed by atoms with Gasteiger partial charge in [0.2, 0.25) is 0 Å². The maximum Gasteiger partial charge on any atom is 0.135 e. The van der Waals surface area contributed by atoms with Crippen molar-refractivity contribution in [1.82, 2.24) is 0 Å². The van der Waals surface area contributed by atoms with Crippen LogP contribution in [0.2, 0.25) is 5.02 Å². The minimum absolute atomic E-state index is 0.104. The zero-order chi connectivity index (χ0) is 10.1. The first-order chi connectivity index (χ1) is 6.68. The Labute approximate surface area is 86.5 Å². The fourth-order valence-electron chi connectivity index (χ4n) is 1.51.